The molecule has 0 bridgehead atoms. The molecule has 0 spiro atoms. The third-order valence-electron chi connectivity index (χ3n) is 2.25. The molecule has 0 radical (unpaired) electrons. The maximum atomic E-state index is 9.81. The van der Waals surface area contributed by atoms with E-state index in [0.717, 1.165) is 12.8 Å². The van der Waals surface area contributed by atoms with Crippen LogP contribution in [0, 0.1) is 0 Å². The van der Waals surface area contributed by atoms with E-state index in [-0.39, 0.29) is 0 Å². The Morgan fingerprint density at radius 3 is 2.73 bits per heavy atom. The van der Waals surface area contributed by atoms with E-state index in [2.05, 4.69) is 17.0 Å². The molecule has 0 aromatic carbocycles. The lowest BCUT2D eigenvalue weighted by Gasteiger charge is -2.11. The van der Waals surface area contributed by atoms with E-state index in [1.807, 2.05) is 0 Å². The summed E-state index contributed by atoms with van der Waals surface area (Å²) in [7, 11) is 0. The number of aliphatic hydroxyl groups excluding tert-OH is 1. The minimum atomic E-state index is -0.470. The summed E-state index contributed by atoms with van der Waals surface area (Å²) in [5.74, 6) is 0. The largest absolute Gasteiger partial charge is 0.467 e. The van der Waals surface area contributed by atoms with E-state index in [1.165, 1.54) is 25.7 Å². The van der Waals surface area contributed by atoms with Gasteiger partial charge in [-0.15, -0.1) is 0 Å². The molecule has 0 rings (SSSR count). The summed E-state index contributed by atoms with van der Waals surface area (Å²) in [6.07, 6.45) is 6.28. The van der Waals surface area contributed by atoms with Crippen LogP contribution in [0.1, 0.15) is 45.4 Å². The van der Waals surface area contributed by atoms with Gasteiger partial charge in [-0.2, -0.15) is 0 Å². The lowest BCUT2D eigenvalue weighted by atomic mass is 10.1. The Morgan fingerprint density at radius 1 is 1.33 bits per heavy atom. The second-order valence-corrected chi connectivity index (χ2v) is 3.64. The number of ether oxygens (including phenoxy) is 1. The Bertz CT molecular complexity index is 142. The molecule has 2 N–H and O–H groups in total. The average molecular weight is 217 g/mol. The normalized spacial score (nSPS) is 12.4. The quantitative estimate of drug-likeness (QED) is 0.312. The van der Waals surface area contributed by atoms with Crippen LogP contribution in [0.4, 0.5) is 0 Å². The first-order chi connectivity index (χ1) is 7.31. The molecular weight excluding hydrogens is 194 g/mol. The van der Waals surface area contributed by atoms with E-state index >= 15 is 0 Å². The summed E-state index contributed by atoms with van der Waals surface area (Å²) in [5, 5.41) is 12.3. The third kappa shape index (κ3) is 11.3. The van der Waals surface area contributed by atoms with Crippen LogP contribution in [-0.2, 0) is 9.53 Å². The zero-order chi connectivity index (χ0) is 11.4. The first kappa shape index (κ1) is 14.4. The van der Waals surface area contributed by atoms with Crippen molar-refractivity contribution in [1.29, 1.82) is 0 Å². The molecule has 0 aromatic rings. The highest BCUT2D eigenvalue weighted by atomic mass is 16.5. The van der Waals surface area contributed by atoms with Crippen LogP contribution in [0.3, 0.4) is 0 Å². The van der Waals surface area contributed by atoms with E-state index in [9.17, 15) is 9.90 Å². The van der Waals surface area contributed by atoms with Crippen molar-refractivity contribution in [2.75, 3.05) is 13.2 Å². The van der Waals surface area contributed by atoms with Crippen molar-refractivity contribution in [1.82, 2.24) is 5.32 Å². The molecule has 0 fully saturated rings. The number of carbonyl (C=O) groups excluding carboxylic acids is 1. The van der Waals surface area contributed by atoms with Crippen LogP contribution >= 0.6 is 0 Å². The van der Waals surface area contributed by atoms with Gasteiger partial charge in [-0.05, 0) is 12.8 Å². The van der Waals surface area contributed by atoms with Crippen molar-refractivity contribution in [2.24, 2.45) is 0 Å². The Kier molecular flexibility index (Phi) is 11.0. The molecule has 0 saturated carbocycles. The highest BCUT2D eigenvalue weighted by molar-refractivity contribution is 5.36. The molecule has 0 amide bonds. The first-order valence-electron chi connectivity index (χ1n) is 5.78. The van der Waals surface area contributed by atoms with Crippen molar-refractivity contribution in [3.8, 4) is 0 Å². The standard InChI is InChI=1S/C11H23NO3/c1-2-3-4-5-6-7-11(14)12-8-9-15-10-13/h10-12,14H,2-9H2,1H3. The van der Waals surface area contributed by atoms with Crippen LogP contribution in [0.25, 0.3) is 0 Å². The smallest absolute Gasteiger partial charge is 0.293 e. The molecule has 0 aliphatic rings. The van der Waals surface area contributed by atoms with Crippen molar-refractivity contribution in [3.05, 3.63) is 0 Å². The van der Waals surface area contributed by atoms with Gasteiger partial charge in [0.05, 0.1) is 0 Å². The maximum absolute atomic E-state index is 9.81. The molecule has 90 valence electrons. The van der Waals surface area contributed by atoms with E-state index in [0.29, 0.717) is 19.6 Å². The Morgan fingerprint density at radius 2 is 2.07 bits per heavy atom. The molecule has 4 nitrogen and oxygen atoms in total. The van der Waals surface area contributed by atoms with Gasteiger partial charge in [-0.3, -0.25) is 10.1 Å². The van der Waals surface area contributed by atoms with Crippen LogP contribution < -0.4 is 5.32 Å². The Balaban J connectivity index is 3.11. The zero-order valence-electron chi connectivity index (χ0n) is 9.58. The monoisotopic (exact) mass is 217 g/mol. The van der Waals surface area contributed by atoms with Crippen molar-refractivity contribution in [2.45, 2.75) is 51.7 Å². The van der Waals surface area contributed by atoms with Crippen LogP contribution in [0.15, 0.2) is 0 Å². The molecule has 4 heteroatoms. The summed E-state index contributed by atoms with van der Waals surface area (Å²) in [6.45, 7) is 3.42. The second kappa shape index (κ2) is 11.5. The lowest BCUT2D eigenvalue weighted by molar-refractivity contribution is -0.128. The van der Waals surface area contributed by atoms with Gasteiger partial charge >= 0.3 is 0 Å². The van der Waals surface area contributed by atoms with E-state index in [1.54, 1.807) is 0 Å². The van der Waals surface area contributed by atoms with E-state index in [4.69, 9.17) is 0 Å². The number of aliphatic hydroxyl groups is 1. The molecule has 0 aromatic heterocycles. The van der Waals surface area contributed by atoms with Crippen molar-refractivity contribution < 1.29 is 14.6 Å². The molecule has 15 heavy (non-hydrogen) atoms. The SMILES string of the molecule is CCCCCCCC(O)NCCOC=O. The van der Waals surface area contributed by atoms with Gasteiger partial charge in [0.1, 0.15) is 12.8 Å². The minimum absolute atomic E-state index is 0.316. The van der Waals surface area contributed by atoms with Gasteiger partial charge in [0.15, 0.2) is 0 Å². The van der Waals surface area contributed by atoms with Gasteiger partial charge in [0.25, 0.3) is 6.47 Å². The number of hydrogen-bond acceptors (Lipinski definition) is 4. The summed E-state index contributed by atoms with van der Waals surface area (Å²) >= 11 is 0. The fourth-order valence-electron chi connectivity index (χ4n) is 1.38. The van der Waals surface area contributed by atoms with Gasteiger partial charge in [-0.1, -0.05) is 32.6 Å². The fourth-order valence-corrected chi connectivity index (χ4v) is 1.38. The van der Waals surface area contributed by atoms with Gasteiger partial charge in [0, 0.05) is 6.54 Å². The highest BCUT2D eigenvalue weighted by Gasteiger charge is 2.01. The summed E-state index contributed by atoms with van der Waals surface area (Å²) in [5.41, 5.74) is 0. The molecule has 1 atom stereocenters. The number of rotatable bonds is 11. The van der Waals surface area contributed by atoms with Gasteiger partial charge in [-0.25, -0.2) is 0 Å². The second-order valence-electron chi connectivity index (χ2n) is 3.64. The van der Waals surface area contributed by atoms with Crippen molar-refractivity contribution >= 4 is 6.47 Å². The maximum Gasteiger partial charge on any atom is 0.293 e. The van der Waals surface area contributed by atoms with Crippen LogP contribution in [0.2, 0.25) is 0 Å². The number of hydrogen-bond donors (Lipinski definition) is 2. The Hall–Kier alpha value is -0.610. The van der Waals surface area contributed by atoms with Crippen molar-refractivity contribution in [3.63, 3.8) is 0 Å². The zero-order valence-corrected chi connectivity index (χ0v) is 9.58. The predicted octanol–water partition coefficient (Wildman–Crippen LogP) is 1.43. The lowest BCUT2D eigenvalue weighted by Crippen LogP contribution is -2.31. The van der Waals surface area contributed by atoms with E-state index < -0.39 is 6.23 Å². The molecule has 0 heterocycles. The molecule has 1 unspecified atom stereocenters. The summed E-state index contributed by atoms with van der Waals surface area (Å²) in [6, 6.07) is 0. The number of unbranched alkanes of at least 4 members (excludes halogenated alkanes) is 4. The van der Waals surface area contributed by atoms with Gasteiger partial charge < -0.3 is 9.84 Å². The minimum Gasteiger partial charge on any atom is -0.467 e. The fraction of sp³-hybridized carbons (Fsp3) is 0.909. The number of carbonyl (C=O) groups is 1. The Labute approximate surface area is 92.0 Å². The molecular formula is C11H23NO3. The van der Waals surface area contributed by atoms with Gasteiger partial charge in [0.2, 0.25) is 0 Å². The third-order valence-corrected chi connectivity index (χ3v) is 2.25. The summed E-state index contributed by atoms with van der Waals surface area (Å²) in [4.78, 5) is 9.81. The topological polar surface area (TPSA) is 58.6 Å². The highest BCUT2D eigenvalue weighted by Crippen LogP contribution is 2.05. The number of nitrogens with one attached hydrogen (secondary N) is 1. The molecule has 0 aliphatic carbocycles. The molecule has 0 saturated heterocycles. The first-order valence-corrected chi connectivity index (χ1v) is 5.78. The average Bonchev–Trinajstić information content (AvgIpc) is 2.24. The predicted molar refractivity (Wildman–Crippen MR) is 59.4 cm³/mol. The van der Waals surface area contributed by atoms with Crippen LogP contribution in [-0.4, -0.2) is 31.0 Å². The molecule has 0 aliphatic heterocycles. The van der Waals surface area contributed by atoms with Crippen LogP contribution in [0.5, 0.6) is 0 Å². The summed E-state index contributed by atoms with van der Waals surface area (Å²) < 4.78 is 4.49.